The first kappa shape index (κ1) is 39.1. The van der Waals surface area contributed by atoms with Gasteiger partial charge in [0.1, 0.15) is 0 Å². The van der Waals surface area contributed by atoms with Crippen molar-refractivity contribution in [3.05, 3.63) is 168 Å². The summed E-state index contributed by atoms with van der Waals surface area (Å²) >= 11 is 0. The third kappa shape index (κ3) is 6.99. The molecule has 0 aliphatic heterocycles. The van der Waals surface area contributed by atoms with Crippen LogP contribution in [0.2, 0.25) is 0 Å². The van der Waals surface area contributed by atoms with Crippen LogP contribution in [0.25, 0.3) is 76.9 Å². The predicted octanol–water partition coefficient (Wildman–Crippen LogP) is 12.1. The average molecular weight is 937 g/mol. The molecule has 0 bridgehead atoms. The van der Waals surface area contributed by atoms with Crippen LogP contribution in [-0.4, -0.2) is 38.6 Å². The first-order valence-electron chi connectivity index (χ1n) is 19.6. The number of imidazole rings is 2. The summed E-state index contributed by atoms with van der Waals surface area (Å²) in [6.07, 6.45) is 8.85. The number of pyridine rings is 2. The Morgan fingerprint density at radius 1 is 0.638 bits per heavy atom. The minimum absolute atomic E-state index is 0. The van der Waals surface area contributed by atoms with Crippen molar-refractivity contribution in [1.82, 2.24) is 18.8 Å². The largest absolute Gasteiger partial charge is 0.379 e. The molecule has 0 aliphatic rings. The number of nitrogens with zero attached hydrogens (tertiary/aromatic N) is 4. The molecule has 6 nitrogen and oxygen atoms in total. The molecule has 4 heterocycles. The number of aromatic nitrogens is 4. The third-order valence-corrected chi connectivity index (χ3v) is 11.2. The molecule has 0 saturated heterocycles. The van der Waals surface area contributed by atoms with Gasteiger partial charge in [0.2, 0.25) is 0 Å². The molecular weight excluding hydrogens is 893 g/mol. The van der Waals surface area contributed by atoms with Crippen LogP contribution in [0.3, 0.4) is 0 Å². The van der Waals surface area contributed by atoms with Crippen LogP contribution in [0.15, 0.2) is 134 Å². The second kappa shape index (κ2) is 16.7. The number of aryl methyl sites for hydroxylation is 3. The van der Waals surface area contributed by atoms with E-state index in [1.165, 1.54) is 71.6 Å². The summed E-state index contributed by atoms with van der Waals surface area (Å²) in [5.41, 5.74) is 14.1. The molecule has 10 rings (SSSR count). The van der Waals surface area contributed by atoms with Crippen LogP contribution in [0.1, 0.15) is 35.6 Å². The van der Waals surface area contributed by atoms with Gasteiger partial charge >= 0.3 is 0 Å². The maximum absolute atomic E-state index is 5.89. The van der Waals surface area contributed by atoms with Gasteiger partial charge in [0.05, 0.1) is 30.6 Å². The third-order valence-electron chi connectivity index (χ3n) is 11.2. The second-order valence-electron chi connectivity index (χ2n) is 14.8. The number of para-hydroxylation sites is 2. The second-order valence-corrected chi connectivity index (χ2v) is 14.8. The zero-order valence-corrected chi connectivity index (χ0v) is 35.7. The first-order chi connectivity index (χ1) is 27.9. The summed E-state index contributed by atoms with van der Waals surface area (Å²) in [7, 11) is 1.74. The number of fused-ring (bicyclic) bond motifs is 12. The zero-order chi connectivity index (χ0) is 39.0. The van der Waals surface area contributed by atoms with Crippen molar-refractivity contribution < 1.29 is 29.6 Å². The topological polar surface area (TPSA) is 53.1 Å². The van der Waals surface area contributed by atoms with E-state index in [-0.39, 0.29) is 26.2 Å². The minimum atomic E-state index is 0. The van der Waals surface area contributed by atoms with Gasteiger partial charge in [-0.2, -0.15) is 0 Å². The minimum Gasteiger partial charge on any atom is -0.379 e. The van der Waals surface area contributed by atoms with E-state index in [1.54, 1.807) is 7.11 Å². The Kier molecular flexibility index (Phi) is 11.2. The van der Waals surface area contributed by atoms with E-state index in [1.807, 2.05) is 36.9 Å². The van der Waals surface area contributed by atoms with Crippen molar-refractivity contribution in [1.29, 1.82) is 0 Å². The van der Waals surface area contributed by atoms with Gasteiger partial charge in [-0.15, -0.1) is 36.4 Å². The standard InChI is InChI=1S/C28H27N2O2.C23H17N2.Ir/c1-4-21(31-3)18-32-17-20-12-13-22(19(2)16-20)23-9-7-10-25-27(23)24-8-5-6-11-26(24)30-15-14-29-28(25)30;1-15-10-11-17(16(2)14-15)18-7-5-8-20-22(18)19-6-3-4-9-21(19)25-13-12-24-23(20)25;/h5-9,11-16,21H,4,17-18H2,1-3H3;3-7,9-14H,1-2H3;/q2*-1;. The molecular formula is C51H44IrN4O2-2. The van der Waals surface area contributed by atoms with Crippen LogP contribution in [0.5, 0.6) is 0 Å². The van der Waals surface area contributed by atoms with Gasteiger partial charge in [0.15, 0.2) is 0 Å². The van der Waals surface area contributed by atoms with E-state index in [0.717, 1.165) is 34.0 Å². The van der Waals surface area contributed by atoms with E-state index in [2.05, 4.69) is 156 Å². The Morgan fingerprint density at radius 3 is 1.69 bits per heavy atom. The fourth-order valence-corrected chi connectivity index (χ4v) is 8.41. The first-order valence-corrected chi connectivity index (χ1v) is 19.6. The number of benzene rings is 6. The van der Waals surface area contributed by atoms with Crippen LogP contribution >= 0.6 is 0 Å². The summed E-state index contributed by atoms with van der Waals surface area (Å²) in [6, 6.07) is 45.5. The molecule has 1 unspecified atom stereocenters. The van der Waals surface area contributed by atoms with Crippen LogP contribution < -0.4 is 0 Å². The Bertz CT molecular complexity index is 3090. The SMILES string of the molecule is CCC(COCc1ccc(-c2cc[c-]c3c2c2ccccc2n2ccnc32)c(C)c1)OC.Cc1ccc(-c2cc[c-]c3c2c2ccccc2n2ccnc32)c(C)c1.[Ir]. The van der Waals surface area contributed by atoms with E-state index in [0.29, 0.717) is 13.2 Å². The van der Waals surface area contributed by atoms with Crippen molar-refractivity contribution in [2.24, 2.45) is 0 Å². The van der Waals surface area contributed by atoms with E-state index >= 15 is 0 Å². The van der Waals surface area contributed by atoms with Crippen molar-refractivity contribution in [3.63, 3.8) is 0 Å². The molecule has 0 aliphatic carbocycles. The molecule has 1 radical (unpaired) electrons. The molecule has 7 heteroatoms. The van der Waals surface area contributed by atoms with Crippen molar-refractivity contribution in [2.75, 3.05) is 13.7 Å². The zero-order valence-electron chi connectivity index (χ0n) is 33.3. The smallest absolute Gasteiger partial charge is 0.0802 e. The number of methoxy groups -OCH3 is 1. The van der Waals surface area contributed by atoms with E-state index < -0.39 is 0 Å². The molecule has 1 atom stereocenters. The van der Waals surface area contributed by atoms with Gasteiger partial charge in [-0.05, 0) is 77.9 Å². The summed E-state index contributed by atoms with van der Waals surface area (Å²) in [5, 5.41) is 6.97. The fourth-order valence-electron chi connectivity index (χ4n) is 8.41. The summed E-state index contributed by atoms with van der Waals surface area (Å²) in [6.45, 7) is 9.79. The molecule has 58 heavy (non-hydrogen) atoms. The molecule has 0 spiro atoms. The molecule has 4 aromatic heterocycles. The van der Waals surface area contributed by atoms with Gasteiger partial charge in [-0.1, -0.05) is 118 Å². The number of hydrogen-bond acceptors (Lipinski definition) is 4. The number of hydrogen-bond donors (Lipinski definition) is 0. The summed E-state index contributed by atoms with van der Waals surface area (Å²) in [4.78, 5) is 9.24. The van der Waals surface area contributed by atoms with Crippen molar-refractivity contribution in [2.45, 2.75) is 46.8 Å². The average Bonchev–Trinajstić information content (AvgIpc) is 3.95. The van der Waals surface area contributed by atoms with Crippen molar-refractivity contribution >= 4 is 54.6 Å². The van der Waals surface area contributed by atoms with Crippen molar-refractivity contribution in [3.8, 4) is 22.3 Å². The number of rotatable bonds is 8. The van der Waals surface area contributed by atoms with Gasteiger partial charge in [0.25, 0.3) is 0 Å². The molecule has 0 amide bonds. The van der Waals surface area contributed by atoms with Gasteiger partial charge in [0, 0.05) is 63.0 Å². The molecule has 0 saturated carbocycles. The quantitative estimate of drug-likeness (QED) is 0.113. The van der Waals surface area contributed by atoms with E-state index in [4.69, 9.17) is 9.47 Å². The van der Waals surface area contributed by atoms with Gasteiger partial charge in [-0.25, -0.2) is 0 Å². The molecule has 0 N–H and O–H groups in total. The normalized spacial score (nSPS) is 12.0. The maximum atomic E-state index is 5.89. The van der Waals surface area contributed by atoms with E-state index in [9.17, 15) is 0 Å². The fraction of sp³-hybridized carbons (Fsp3) is 0.176. The Hall–Kier alpha value is -5.69. The van der Waals surface area contributed by atoms with Gasteiger partial charge in [-0.3, -0.25) is 9.97 Å². The Labute approximate surface area is 352 Å². The predicted molar refractivity (Wildman–Crippen MR) is 234 cm³/mol. The molecule has 6 aromatic carbocycles. The number of ether oxygens (including phenoxy) is 2. The monoisotopic (exact) mass is 937 g/mol. The van der Waals surface area contributed by atoms with Crippen LogP contribution in [0.4, 0.5) is 0 Å². The summed E-state index contributed by atoms with van der Waals surface area (Å²) in [5.74, 6) is 0. The maximum Gasteiger partial charge on any atom is 0.0802 e. The molecule has 291 valence electrons. The Morgan fingerprint density at radius 2 is 1.17 bits per heavy atom. The Balaban J connectivity index is 0.000000163. The molecule has 10 aromatic rings. The summed E-state index contributed by atoms with van der Waals surface area (Å²) < 4.78 is 15.6. The van der Waals surface area contributed by atoms with Gasteiger partial charge < -0.3 is 18.3 Å². The van der Waals surface area contributed by atoms with Crippen LogP contribution in [0, 0.1) is 32.9 Å². The molecule has 0 fully saturated rings. The van der Waals surface area contributed by atoms with Crippen LogP contribution in [-0.2, 0) is 36.2 Å².